The number of ether oxygens (including phenoxy) is 1. The minimum absolute atomic E-state index is 0.00144. The number of likely N-dealkylation sites (N-methyl/N-ethyl adjacent to an activating group) is 1. The third kappa shape index (κ3) is 3.29. The lowest BCUT2D eigenvalue weighted by molar-refractivity contribution is 0.0513. The molecular formula is C15H22N2O3. The van der Waals surface area contributed by atoms with Crippen LogP contribution in [0, 0.1) is 6.92 Å². The zero-order valence-corrected chi connectivity index (χ0v) is 12.2. The van der Waals surface area contributed by atoms with E-state index in [1.165, 1.54) is 0 Å². The van der Waals surface area contributed by atoms with Crippen molar-refractivity contribution in [3.05, 3.63) is 29.3 Å². The molecule has 1 heterocycles. The summed E-state index contributed by atoms with van der Waals surface area (Å²) < 4.78 is 5.67. The molecular weight excluding hydrogens is 256 g/mol. The molecule has 0 aromatic heterocycles. The summed E-state index contributed by atoms with van der Waals surface area (Å²) in [4.78, 5) is 14.4. The number of nitrogens with one attached hydrogen (secondary N) is 1. The van der Waals surface area contributed by atoms with Crippen LogP contribution in [0.15, 0.2) is 18.2 Å². The minimum Gasteiger partial charge on any atom is -0.508 e. The van der Waals surface area contributed by atoms with Crippen LogP contribution in [0.2, 0.25) is 0 Å². The first-order valence-electron chi connectivity index (χ1n) is 6.92. The molecule has 1 amide bonds. The predicted molar refractivity (Wildman–Crippen MR) is 77.0 cm³/mol. The Hall–Kier alpha value is -1.59. The molecule has 0 spiro atoms. The molecule has 2 atom stereocenters. The van der Waals surface area contributed by atoms with E-state index in [1.54, 1.807) is 25.1 Å². The summed E-state index contributed by atoms with van der Waals surface area (Å²) in [7, 11) is 2.02. The maximum atomic E-state index is 12.3. The van der Waals surface area contributed by atoms with Gasteiger partial charge in [-0.1, -0.05) is 0 Å². The van der Waals surface area contributed by atoms with Gasteiger partial charge in [0.25, 0.3) is 5.91 Å². The molecule has 1 aliphatic rings. The van der Waals surface area contributed by atoms with Crippen LogP contribution in [0.4, 0.5) is 0 Å². The van der Waals surface area contributed by atoms with Crippen molar-refractivity contribution in [3.63, 3.8) is 0 Å². The number of hydrogen-bond donors (Lipinski definition) is 2. The van der Waals surface area contributed by atoms with Crippen LogP contribution in [-0.2, 0) is 4.74 Å². The quantitative estimate of drug-likeness (QED) is 0.867. The fourth-order valence-corrected chi connectivity index (χ4v) is 2.53. The summed E-state index contributed by atoms with van der Waals surface area (Å²) >= 11 is 0. The van der Waals surface area contributed by atoms with E-state index in [0.29, 0.717) is 17.7 Å². The van der Waals surface area contributed by atoms with E-state index in [0.717, 1.165) is 13.1 Å². The maximum Gasteiger partial charge on any atom is 0.251 e. The van der Waals surface area contributed by atoms with E-state index < -0.39 is 0 Å². The third-order valence-corrected chi connectivity index (χ3v) is 3.60. The molecule has 5 nitrogen and oxygen atoms in total. The molecule has 1 aromatic rings. The highest BCUT2D eigenvalue weighted by molar-refractivity contribution is 5.94. The summed E-state index contributed by atoms with van der Waals surface area (Å²) in [5.74, 6) is 0.0763. The van der Waals surface area contributed by atoms with Crippen LogP contribution in [-0.4, -0.2) is 54.8 Å². The monoisotopic (exact) mass is 278 g/mol. The lowest BCUT2D eigenvalue weighted by Gasteiger charge is -2.20. The summed E-state index contributed by atoms with van der Waals surface area (Å²) in [5.41, 5.74) is 1.26. The van der Waals surface area contributed by atoms with Crippen molar-refractivity contribution in [1.82, 2.24) is 10.2 Å². The molecule has 0 aliphatic carbocycles. The number of aromatic hydroxyl groups is 1. The summed E-state index contributed by atoms with van der Waals surface area (Å²) in [6.07, 6.45) is 0.0344. The Bertz CT molecular complexity index is 490. The topological polar surface area (TPSA) is 61.8 Å². The molecule has 1 aliphatic heterocycles. The molecule has 20 heavy (non-hydrogen) atoms. The number of amides is 1. The van der Waals surface area contributed by atoms with E-state index in [2.05, 4.69) is 10.2 Å². The van der Waals surface area contributed by atoms with Crippen LogP contribution in [0.1, 0.15) is 22.8 Å². The third-order valence-electron chi connectivity index (χ3n) is 3.60. The van der Waals surface area contributed by atoms with Crippen LogP contribution < -0.4 is 5.32 Å². The van der Waals surface area contributed by atoms with Gasteiger partial charge in [0, 0.05) is 25.3 Å². The molecule has 1 fully saturated rings. The predicted octanol–water partition coefficient (Wildman–Crippen LogP) is 1.15. The molecule has 0 radical (unpaired) electrons. The Balaban J connectivity index is 2.04. The number of rotatable bonds is 4. The molecule has 5 heteroatoms. The fourth-order valence-electron chi connectivity index (χ4n) is 2.53. The van der Waals surface area contributed by atoms with Gasteiger partial charge in [-0.05, 0) is 44.7 Å². The molecule has 2 N–H and O–H groups in total. The van der Waals surface area contributed by atoms with Crippen molar-refractivity contribution in [2.24, 2.45) is 0 Å². The van der Waals surface area contributed by atoms with Crippen molar-refractivity contribution in [1.29, 1.82) is 0 Å². The van der Waals surface area contributed by atoms with Gasteiger partial charge in [0.2, 0.25) is 0 Å². The lowest BCUT2D eigenvalue weighted by atomic mass is 10.1. The van der Waals surface area contributed by atoms with Gasteiger partial charge in [0.05, 0.1) is 12.1 Å². The Morgan fingerprint density at radius 3 is 2.90 bits per heavy atom. The zero-order chi connectivity index (χ0) is 14.7. The second kappa shape index (κ2) is 6.24. The normalized spacial score (nSPS) is 22.9. The highest BCUT2D eigenvalue weighted by Crippen LogP contribution is 2.18. The number of hydrogen-bond acceptors (Lipinski definition) is 4. The lowest BCUT2D eigenvalue weighted by Crippen LogP contribution is -2.44. The van der Waals surface area contributed by atoms with Crippen molar-refractivity contribution in [2.45, 2.75) is 26.0 Å². The van der Waals surface area contributed by atoms with Crippen molar-refractivity contribution < 1.29 is 14.6 Å². The molecule has 1 aromatic carbocycles. The number of aryl methyl sites for hydroxylation is 1. The zero-order valence-electron chi connectivity index (χ0n) is 12.2. The highest BCUT2D eigenvalue weighted by Gasteiger charge is 2.32. The van der Waals surface area contributed by atoms with Gasteiger partial charge in [-0.3, -0.25) is 4.79 Å². The Kier molecular flexibility index (Phi) is 4.62. The van der Waals surface area contributed by atoms with E-state index in [9.17, 15) is 9.90 Å². The van der Waals surface area contributed by atoms with Gasteiger partial charge in [-0.15, -0.1) is 0 Å². The average molecular weight is 278 g/mol. The summed E-state index contributed by atoms with van der Waals surface area (Å²) in [6.45, 7) is 5.99. The Morgan fingerprint density at radius 1 is 1.50 bits per heavy atom. The second-order valence-corrected chi connectivity index (χ2v) is 5.30. The van der Waals surface area contributed by atoms with E-state index in [4.69, 9.17) is 4.74 Å². The van der Waals surface area contributed by atoms with Crippen LogP contribution >= 0.6 is 0 Å². The SMILES string of the molecule is CCO[C@@H]1CN(C)C[C@H]1NC(=O)c1ccc(O)c(C)c1. The summed E-state index contributed by atoms with van der Waals surface area (Å²) in [5, 5.41) is 12.5. The van der Waals surface area contributed by atoms with E-state index >= 15 is 0 Å². The van der Waals surface area contributed by atoms with E-state index in [1.807, 2.05) is 14.0 Å². The molecule has 2 rings (SSSR count). The first-order chi connectivity index (χ1) is 9.51. The minimum atomic E-state index is -0.127. The van der Waals surface area contributed by atoms with Crippen molar-refractivity contribution >= 4 is 5.91 Å². The van der Waals surface area contributed by atoms with Crippen molar-refractivity contribution in [2.75, 3.05) is 26.7 Å². The maximum absolute atomic E-state index is 12.3. The van der Waals surface area contributed by atoms with Gasteiger partial charge in [0.1, 0.15) is 5.75 Å². The molecule has 1 saturated heterocycles. The highest BCUT2D eigenvalue weighted by atomic mass is 16.5. The molecule has 0 bridgehead atoms. The first-order valence-corrected chi connectivity index (χ1v) is 6.92. The second-order valence-electron chi connectivity index (χ2n) is 5.30. The van der Waals surface area contributed by atoms with Gasteiger partial charge >= 0.3 is 0 Å². The smallest absolute Gasteiger partial charge is 0.251 e. The Labute approximate surface area is 119 Å². The number of likely N-dealkylation sites (tertiary alicyclic amines) is 1. The van der Waals surface area contributed by atoms with Crippen molar-refractivity contribution in [3.8, 4) is 5.75 Å². The van der Waals surface area contributed by atoms with E-state index in [-0.39, 0.29) is 23.8 Å². The summed E-state index contributed by atoms with van der Waals surface area (Å²) in [6, 6.07) is 4.87. The number of phenols is 1. The molecule has 110 valence electrons. The average Bonchev–Trinajstić information content (AvgIpc) is 2.73. The number of phenolic OH excluding ortho intramolecular Hbond substituents is 1. The fraction of sp³-hybridized carbons (Fsp3) is 0.533. The van der Waals surface area contributed by atoms with Gasteiger partial charge in [0.15, 0.2) is 0 Å². The molecule has 0 saturated carbocycles. The Morgan fingerprint density at radius 2 is 2.25 bits per heavy atom. The number of carbonyl (C=O) groups is 1. The standard InChI is InChI=1S/C15H22N2O3/c1-4-20-14-9-17(3)8-12(14)16-15(19)11-5-6-13(18)10(2)7-11/h5-7,12,14,18H,4,8-9H2,1-3H3,(H,16,19)/t12-,14-/m1/s1. The van der Waals surface area contributed by atoms with Gasteiger partial charge in [-0.25, -0.2) is 0 Å². The number of nitrogens with zero attached hydrogens (tertiary/aromatic N) is 1. The van der Waals surface area contributed by atoms with Crippen LogP contribution in [0.25, 0.3) is 0 Å². The van der Waals surface area contributed by atoms with Crippen LogP contribution in [0.3, 0.4) is 0 Å². The van der Waals surface area contributed by atoms with Crippen LogP contribution in [0.5, 0.6) is 5.75 Å². The van der Waals surface area contributed by atoms with Gasteiger partial charge < -0.3 is 20.1 Å². The largest absolute Gasteiger partial charge is 0.508 e. The number of carbonyl (C=O) groups excluding carboxylic acids is 1. The number of benzene rings is 1. The molecule has 0 unspecified atom stereocenters. The first kappa shape index (κ1) is 14.8. The van der Waals surface area contributed by atoms with Gasteiger partial charge in [-0.2, -0.15) is 0 Å².